The third-order valence-corrected chi connectivity index (χ3v) is 7.90. The molecule has 5 nitrogen and oxygen atoms in total. The Morgan fingerprint density at radius 1 is 0.475 bits per heavy atom. The van der Waals surface area contributed by atoms with Gasteiger partial charge in [-0.2, -0.15) is 0 Å². The molecule has 0 amide bonds. The number of ether oxygens (including phenoxy) is 2. The van der Waals surface area contributed by atoms with E-state index in [9.17, 15) is 14.7 Å². The molecule has 0 aliphatic heterocycles. The zero-order valence-corrected chi connectivity index (χ0v) is 26.9. The lowest BCUT2D eigenvalue weighted by Gasteiger charge is -2.15. The van der Waals surface area contributed by atoms with E-state index >= 15 is 0 Å². The highest BCUT2D eigenvalue weighted by atomic mass is 16.6. The van der Waals surface area contributed by atoms with Gasteiger partial charge >= 0.3 is 11.9 Å². The Hall–Kier alpha value is -1.10. The molecule has 1 atom stereocenters. The molecule has 1 unspecified atom stereocenters. The fourth-order valence-corrected chi connectivity index (χ4v) is 5.20. The third kappa shape index (κ3) is 29.9. The van der Waals surface area contributed by atoms with Gasteiger partial charge < -0.3 is 14.6 Å². The van der Waals surface area contributed by atoms with Crippen molar-refractivity contribution < 1.29 is 24.2 Å². The zero-order valence-electron chi connectivity index (χ0n) is 26.9. The van der Waals surface area contributed by atoms with Gasteiger partial charge in [0.15, 0.2) is 6.10 Å². The lowest BCUT2D eigenvalue weighted by molar-refractivity contribution is -0.161. The highest BCUT2D eigenvalue weighted by molar-refractivity contribution is 5.70. The molecule has 0 radical (unpaired) electrons. The molecule has 0 saturated heterocycles. The van der Waals surface area contributed by atoms with Crippen molar-refractivity contribution in [1.82, 2.24) is 0 Å². The van der Waals surface area contributed by atoms with Crippen molar-refractivity contribution in [2.45, 2.75) is 200 Å². The lowest BCUT2D eigenvalue weighted by atomic mass is 10.0. The summed E-state index contributed by atoms with van der Waals surface area (Å²) in [5.74, 6) is -0.595. The Balaban J connectivity index is 3.40. The van der Waals surface area contributed by atoms with E-state index in [1.54, 1.807) is 0 Å². The van der Waals surface area contributed by atoms with Crippen LogP contribution in [0.3, 0.4) is 0 Å². The van der Waals surface area contributed by atoms with E-state index < -0.39 is 6.10 Å². The fourth-order valence-electron chi connectivity index (χ4n) is 5.20. The van der Waals surface area contributed by atoms with Gasteiger partial charge in [-0.15, -0.1) is 0 Å². The molecule has 0 aliphatic carbocycles. The van der Waals surface area contributed by atoms with E-state index in [0.717, 1.165) is 38.5 Å². The van der Waals surface area contributed by atoms with Crippen molar-refractivity contribution in [1.29, 1.82) is 0 Å². The molecule has 40 heavy (non-hydrogen) atoms. The maximum absolute atomic E-state index is 12.1. The highest BCUT2D eigenvalue weighted by Gasteiger charge is 2.16. The maximum Gasteiger partial charge on any atom is 0.306 e. The van der Waals surface area contributed by atoms with Gasteiger partial charge in [-0.25, -0.2) is 0 Å². The van der Waals surface area contributed by atoms with Crippen LogP contribution < -0.4 is 0 Å². The van der Waals surface area contributed by atoms with Crippen LogP contribution in [-0.4, -0.2) is 36.4 Å². The predicted molar refractivity (Wildman–Crippen MR) is 169 cm³/mol. The van der Waals surface area contributed by atoms with Crippen LogP contribution in [0.25, 0.3) is 0 Å². The molecule has 0 spiro atoms. The minimum atomic E-state index is -0.758. The Morgan fingerprint density at radius 2 is 0.775 bits per heavy atom. The van der Waals surface area contributed by atoms with Crippen LogP contribution in [-0.2, 0) is 19.1 Å². The molecule has 0 saturated carbocycles. The Kier molecular flexibility index (Phi) is 31.5. The summed E-state index contributed by atoms with van der Waals surface area (Å²) in [6.07, 6.45) is 33.4. The van der Waals surface area contributed by atoms with Crippen molar-refractivity contribution in [3.63, 3.8) is 0 Å². The molecule has 238 valence electrons. The maximum atomic E-state index is 12.1. The summed E-state index contributed by atoms with van der Waals surface area (Å²) in [4.78, 5) is 23.9. The minimum Gasteiger partial charge on any atom is -0.462 e. The first-order valence-electron chi connectivity index (χ1n) is 17.6. The average molecular weight is 569 g/mol. The molecule has 0 aromatic carbocycles. The summed E-state index contributed by atoms with van der Waals surface area (Å²) in [5, 5.41) is 9.44. The largest absolute Gasteiger partial charge is 0.462 e. The molecule has 0 aromatic heterocycles. The number of unbranched alkanes of at least 4 members (excludes halogenated alkanes) is 24. The van der Waals surface area contributed by atoms with Crippen LogP contribution in [0.1, 0.15) is 194 Å². The van der Waals surface area contributed by atoms with Gasteiger partial charge in [0.05, 0.1) is 6.61 Å². The number of aliphatic hydroxyl groups excluding tert-OH is 1. The smallest absolute Gasteiger partial charge is 0.306 e. The fraction of sp³-hybridized carbons (Fsp3) is 0.943. The van der Waals surface area contributed by atoms with E-state index in [0.29, 0.717) is 12.8 Å². The van der Waals surface area contributed by atoms with Crippen LogP contribution in [0.5, 0.6) is 0 Å². The molecule has 5 heteroatoms. The van der Waals surface area contributed by atoms with Crippen molar-refractivity contribution in [2.75, 3.05) is 13.2 Å². The van der Waals surface area contributed by atoms with E-state index in [-0.39, 0.29) is 25.2 Å². The molecule has 0 heterocycles. The third-order valence-electron chi connectivity index (χ3n) is 7.90. The SMILES string of the molecule is CCCCCCCCCCCCCCCCCCCCCCCC(=O)OC(CO)COC(=O)CCCCCCC. The van der Waals surface area contributed by atoms with Crippen LogP contribution in [0.15, 0.2) is 0 Å². The first kappa shape index (κ1) is 38.9. The monoisotopic (exact) mass is 569 g/mol. The second-order valence-electron chi connectivity index (χ2n) is 12.0. The van der Waals surface area contributed by atoms with Crippen molar-refractivity contribution >= 4 is 11.9 Å². The quantitative estimate of drug-likeness (QED) is 0.0645. The zero-order chi connectivity index (χ0) is 29.4. The number of carbonyl (C=O) groups excluding carboxylic acids is 2. The molecule has 0 bridgehead atoms. The lowest BCUT2D eigenvalue weighted by Crippen LogP contribution is -2.28. The van der Waals surface area contributed by atoms with Gasteiger partial charge in [-0.05, 0) is 12.8 Å². The minimum absolute atomic E-state index is 0.0602. The first-order chi connectivity index (χ1) is 19.6. The van der Waals surface area contributed by atoms with Gasteiger partial charge in [0, 0.05) is 12.8 Å². The molecular formula is C35H68O5. The van der Waals surface area contributed by atoms with E-state index in [2.05, 4.69) is 13.8 Å². The molecular weight excluding hydrogens is 500 g/mol. The molecule has 0 fully saturated rings. The van der Waals surface area contributed by atoms with Gasteiger partial charge in [-0.1, -0.05) is 168 Å². The molecule has 0 aliphatic rings. The number of hydrogen-bond donors (Lipinski definition) is 1. The number of carbonyl (C=O) groups is 2. The van der Waals surface area contributed by atoms with Crippen LogP contribution in [0.4, 0.5) is 0 Å². The topological polar surface area (TPSA) is 72.8 Å². The normalized spacial score (nSPS) is 12.0. The van der Waals surface area contributed by atoms with E-state index in [1.165, 1.54) is 128 Å². The first-order valence-corrected chi connectivity index (χ1v) is 17.6. The highest BCUT2D eigenvalue weighted by Crippen LogP contribution is 2.15. The summed E-state index contributed by atoms with van der Waals surface area (Å²) < 4.78 is 10.5. The van der Waals surface area contributed by atoms with Gasteiger partial charge in [0.1, 0.15) is 6.61 Å². The standard InChI is InChI=1S/C35H68O5/c1-3-5-7-9-10-11-12-13-14-15-16-17-18-19-20-21-22-23-24-26-28-30-35(38)40-33(31-36)32-39-34(37)29-27-25-8-6-4-2/h33,36H,3-32H2,1-2H3. The summed E-state index contributed by atoms with van der Waals surface area (Å²) in [6.45, 7) is 4.06. The second kappa shape index (κ2) is 32.4. The van der Waals surface area contributed by atoms with E-state index in [1.807, 2.05) is 0 Å². The van der Waals surface area contributed by atoms with Crippen molar-refractivity contribution in [3.05, 3.63) is 0 Å². The summed E-state index contributed by atoms with van der Waals surface area (Å²) in [5.41, 5.74) is 0. The Labute approximate surface area is 248 Å². The number of hydrogen-bond acceptors (Lipinski definition) is 5. The average Bonchev–Trinajstić information content (AvgIpc) is 2.95. The van der Waals surface area contributed by atoms with Gasteiger partial charge in [-0.3, -0.25) is 9.59 Å². The number of esters is 2. The molecule has 1 N–H and O–H groups in total. The Morgan fingerprint density at radius 3 is 1.10 bits per heavy atom. The Bertz CT molecular complexity index is 536. The summed E-state index contributed by atoms with van der Waals surface area (Å²) in [6, 6.07) is 0. The van der Waals surface area contributed by atoms with Gasteiger partial charge in [0.2, 0.25) is 0 Å². The number of aliphatic hydroxyl groups is 1. The van der Waals surface area contributed by atoms with E-state index in [4.69, 9.17) is 9.47 Å². The van der Waals surface area contributed by atoms with Crippen molar-refractivity contribution in [3.8, 4) is 0 Å². The van der Waals surface area contributed by atoms with Crippen LogP contribution in [0.2, 0.25) is 0 Å². The summed E-state index contributed by atoms with van der Waals surface area (Å²) in [7, 11) is 0. The molecule has 0 aromatic rings. The van der Waals surface area contributed by atoms with Gasteiger partial charge in [0.25, 0.3) is 0 Å². The molecule has 0 rings (SSSR count). The van der Waals surface area contributed by atoms with Crippen molar-refractivity contribution in [2.24, 2.45) is 0 Å². The van der Waals surface area contributed by atoms with Crippen LogP contribution >= 0.6 is 0 Å². The summed E-state index contributed by atoms with van der Waals surface area (Å²) >= 11 is 0. The predicted octanol–water partition coefficient (Wildman–Crippen LogP) is 10.4. The van der Waals surface area contributed by atoms with Crippen LogP contribution in [0, 0.1) is 0 Å². The second-order valence-corrected chi connectivity index (χ2v) is 12.0. The number of rotatable bonds is 32.